The van der Waals surface area contributed by atoms with Gasteiger partial charge in [0.25, 0.3) is 0 Å². The number of hydrogen-bond acceptors (Lipinski definition) is 2. The van der Waals surface area contributed by atoms with E-state index in [2.05, 4.69) is 31.4 Å². The van der Waals surface area contributed by atoms with E-state index in [1.165, 1.54) is 24.2 Å². The van der Waals surface area contributed by atoms with E-state index in [-0.39, 0.29) is 0 Å². The molecule has 122 valence electrons. The summed E-state index contributed by atoms with van der Waals surface area (Å²) in [5.74, 6) is 2.60. The molecular weight excluding hydrogens is 300 g/mol. The summed E-state index contributed by atoms with van der Waals surface area (Å²) in [6, 6.07) is 7.38. The van der Waals surface area contributed by atoms with E-state index in [1.54, 1.807) is 6.07 Å². The molecule has 0 amide bonds. The van der Waals surface area contributed by atoms with Crippen LogP contribution >= 0.6 is 11.8 Å². The maximum Gasteiger partial charge on any atom is 0.123 e. The lowest BCUT2D eigenvalue weighted by Gasteiger charge is -2.11. The molecule has 2 rings (SSSR count). The third kappa shape index (κ3) is 5.80. The molecule has 1 aromatic carbocycles. The van der Waals surface area contributed by atoms with Crippen LogP contribution in [0.5, 0.6) is 5.75 Å². The highest BCUT2D eigenvalue weighted by atomic mass is 32.2. The molecule has 2 heteroatoms. The van der Waals surface area contributed by atoms with E-state index in [9.17, 15) is 5.11 Å². The van der Waals surface area contributed by atoms with E-state index < -0.39 is 0 Å². The molecule has 0 fully saturated rings. The molecule has 0 spiro atoms. The summed E-state index contributed by atoms with van der Waals surface area (Å²) >= 11 is 1.99. The fraction of sp³-hybridized carbons (Fsp3) is 0.333. The van der Waals surface area contributed by atoms with Crippen molar-refractivity contribution in [1.82, 2.24) is 0 Å². The minimum Gasteiger partial charge on any atom is -0.507 e. The summed E-state index contributed by atoms with van der Waals surface area (Å²) in [5, 5.41) is 9.91. The van der Waals surface area contributed by atoms with Crippen LogP contribution in [0.4, 0.5) is 0 Å². The number of para-hydroxylation sites is 1. The lowest BCUT2D eigenvalue weighted by molar-refractivity contribution is 0.473. The highest BCUT2D eigenvalue weighted by Gasteiger charge is 2.07. The van der Waals surface area contributed by atoms with Crippen molar-refractivity contribution in [2.45, 2.75) is 32.1 Å². The lowest BCUT2D eigenvalue weighted by Crippen LogP contribution is -1.92. The predicted octanol–water partition coefficient (Wildman–Crippen LogP) is 6.14. The van der Waals surface area contributed by atoms with Gasteiger partial charge >= 0.3 is 0 Å². The second-order valence-electron chi connectivity index (χ2n) is 5.86. The fourth-order valence-electron chi connectivity index (χ4n) is 2.59. The second-order valence-corrected chi connectivity index (χ2v) is 7.01. The predicted molar refractivity (Wildman–Crippen MR) is 104 cm³/mol. The van der Waals surface area contributed by atoms with Crippen LogP contribution in [-0.4, -0.2) is 16.6 Å². The number of thioether (sulfide) groups is 1. The second kappa shape index (κ2) is 9.46. The molecule has 0 saturated heterocycles. The number of hydrogen-bond donors (Lipinski definition) is 1. The van der Waals surface area contributed by atoms with Crippen molar-refractivity contribution in [3.8, 4) is 5.75 Å². The van der Waals surface area contributed by atoms with Gasteiger partial charge in [0.05, 0.1) is 0 Å². The number of benzene rings is 1. The van der Waals surface area contributed by atoms with Gasteiger partial charge in [0.1, 0.15) is 5.75 Å². The normalized spacial score (nSPS) is 19.4. The first-order valence-corrected chi connectivity index (χ1v) is 9.42. The molecule has 23 heavy (non-hydrogen) atoms. The molecule has 0 radical (unpaired) electrons. The Hall–Kier alpha value is -1.67. The minimum atomic E-state index is 0.303. The van der Waals surface area contributed by atoms with Crippen LogP contribution in [0.3, 0.4) is 0 Å². The first-order chi connectivity index (χ1) is 11.2. The summed E-state index contributed by atoms with van der Waals surface area (Å²) in [6.07, 6.45) is 12.2. The van der Waals surface area contributed by atoms with Gasteiger partial charge < -0.3 is 5.11 Å². The Morgan fingerprint density at radius 1 is 1.09 bits per heavy atom. The third-order valence-corrected chi connectivity index (χ3v) is 5.03. The van der Waals surface area contributed by atoms with Crippen LogP contribution < -0.4 is 0 Å². The molecular formula is C21H26OS. The topological polar surface area (TPSA) is 20.2 Å². The summed E-state index contributed by atoms with van der Waals surface area (Å²) in [4.78, 5) is 0. The van der Waals surface area contributed by atoms with Gasteiger partial charge in [0, 0.05) is 11.3 Å². The van der Waals surface area contributed by atoms with Gasteiger partial charge in [0.2, 0.25) is 0 Å². The first kappa shape index (κ1) is 17.7. The summed E-state index contributed by atoms with van der Waals surface area (Å²) in [6.45, 7) is 8.38. The summed E-state index contributed by atoms with van der Waals surface area (Å²) in [7, 11) is 0. The molecule has 1 nitrogen and oxygen atoms in total. The highest BCUT2D eigenvalue weighted by molar-refractivity contribution is 7.99. The summed E-state index contributed by atoms with van der Waals surface area (Å²) in [5.41, 5.74) is 4.21. The van der Waals surface area contributed by atoms with Crippen molar-refractivity contribution >= 4 is 17.3 Å². The van der Waals surface area contributed by atoms with Crippen LogP contribution in [0.1, 0.15) is 37.7 Å². The quantitative estimate of drug-likeness (QED) is 0.701. The Balaban J connectivity index is 1.95. The van der Waals surface area contributed by atoms with Gasteiger partial charge in [0.15, 0.2) is 0 Å². The third-order valence-electron chi connectivity index (χ3n) is 4.05. The number of phenolic OH excluding ortho intramolecular Hbond substituents is 1. The van der Waals surface area contributed by atoms with Gasteiger partial charge in [-0.25, -0.2) is 0 Å². The van der Waals surface area contributed by atoms with Gasteiger partial charge in [-0.05, 0) is 60.6 Å². The monoisotopic (exact) mass is 326 g/mol. The maximum atomic E-state index is 9.91. The van der Waals surface area contributed by atoms with E-state index in [0.29, 0.717) is 5.75 Å². The zero-order valence-corrected chi connectivity index (χ0v) is 14.6. The van der Waals surface area contributed by atoms with Crippen LogP contribution in [0, 0.1) is 0 Å². The Kier molecular flexibility index (Phi) is 7.28. The first-order valence-electron chi connectivity index (χ1n) is 8.27. The Morgan fingerprint density at radius 3 is 2.70 bits per heavy atom. The SMILES string of the molecule is C=C(CCC(=C)c1ccccc1O)C1=C/CSCCCC/C=C\1. The summed E-state index contributed by atoms with van der Waals surface area (Å²) < 4.78 is 0. The van der Waals surface area contributed by atoms with E-state index in [4.69, 9.17) is 0 Å². The van der Waals surface area contributed by atoms with Gasteiger partial charge in [-0.3, -0.25) is 0 Å². The van der Waals surface area contributed by atoms with Crippen LogP contribution in [-0.2, 0) is 0 Å². The number of aromatic hydroxyl groups is 1. The molecule has 0 aliphatic carbocycles. The van der Waals surface area contributed by atoms with Gasteiger partial charge in [-0.1, -0.05) is 49.6 Å². The number of phenols is 1. The highest BCUT2D eigenvalue weighted by Crippen LogP contribution is 2.29. The molecule has 0 aromatic heterocycles. The van der Waals surface area contributed by atoms with Crippen molar-refractivity contribution in [2.75, 3.05) is 11.5 Å². The van der Waals surface area contributed by atoms with E-state index >= 15 is 0 Å². The number of rotatable bonds is 5. The van der Waals surface area contributed by atoms with Crippen molar-refractivity contribution < 1.29 is 5.11 Å². The van der Waals surface area contributed by atoms with Gasteiger partial charge in [-0.2, -0.15) is 11.8 Å². The van der Waals surface area contributed by atoms with Crippen LogP contribution in [0.25, 0.3) is 5.57 Å². The zero-order valence-electron chi connectivity index (χ0n) is 13.8. The average Bonchev–Trinajstić information content (AvgIpc) is 2.57. The standard InChI is InChI=1S/C21H26OS/c1-17(19-9-5-3-4-8-15-23-16-14-19)12-13-18(2)20-10-6-7-11-21(20)22/h5-7,9-11,14,22H,1-4,8,12-13,15-16H2/b9-5-,19-14+. The van der Waals surface area contributed by atoms with Crippen LogP contribution in [0.2, 0.25) is 0 Å². The Labute approximate surface area is 144 Å². The van der Waals surface area contributed by atoms with Crippen LogP contribution in [0.15, 0.2) is 66.8 Å². The molecule has 1 aliphatic rings. The zero-order chi connectivity index (χ0) is 16.5. The average molecular weight is 327 g/mol. The molecule has 0 atom stereocenters. The molecule has 1 N–H and O–H groups in total. The Bertz CT molecular complexity index is 610. The Morgan fingerprint density at radius 2 is 1.87 bits per heavy atom. The largest absolute Gasteiger partial charge is 0.507 e. The van der Waals surface area contributed by atoms with Crippen molar-refractivity contribution in [1.29, 1.82) is 0 Å². The fourth-order valence-corrected chi connectivity index (χ4v) is 3.46. The maximum absolute atomic E-state index is 9.91. The minimum absolute atomic E-state index is 0.303. The van der Waals surface area contributed by atoms with Crippen molar-refractivity contribution in [3.05, 3.63) is 72.4 Å². The smallest absolute Gasteiger partial charge is 0.123 e. The van der Waals surface area contributed by atoms with E-state index in [0.717, 1.165) is 41.7 Å². The molecule has 0 bridgehead atoms. The van der Waals surface area contributed by atoms with Crippen molar-refractivity contribution in [2.24, 2.45) is 0 Å². The van der Waals surface area contributed by atoms with Crippen molar-refractivity contribution in [3.63, 3.8) is 0 Å². The molecule has 1 heterocycles. The lowest BCUT2D eigenvalue weighted by atomic mass is 9.96. The van der Waals surface area contributed by atoms with Gasteiger partial charge in [-0.15, -0.1) is 0 Å². The molecule has 1 aliphatic heterocycles. The molecule has 0 unspecified atom stereocenters. The molecule has 0 saturated carbocycles. The number of allylic oxidation sites excluding steroid dienone is 5. The van der Waals surface area contributed by atoms with E-state index in [1.807, 2.05) is 30.0 Å². The molecule has 1 aromatic rings.